The second-order valence-electron chi connectivity index (χ2n) is 7.61. The van der Waals surface area contributed by atoms with Crippen LogP contribution in [0.15, 0.2) is 10.7 Å². The fourth-order valence-electron chi connectivity index (χ4n) is 2.96. The van der Waals surface area contributed by atoms with Gasteiger partial charge >= 0.3 is 12.1 Å². The molecule has 0 aliphatic carbocycles. The first-order valence-electron chi connectivity index (χ1n) is 9.04. The molecule has 1 aliphatic heterocycles. The number of ether oxygens (including phenoxy) is 4. The maximum absolute atomic E-state index is 12.3. The second-order valence-corrected chi connectivity index (χ2v) is 8.36. The Balaban J connectivity index is 2.09. The van der Waals surface area contributed by atoms with Crippen LogP contribution in [0.4, 0.5) is 4.79 Å². The molecule has 0 saturated carbocycles. The molecule has 1 unspecified atom stereocenters. The molecule has 1 aromatic heterocycles. The topological polar surface area (TPSA) is 87.2 Å². The lowest BCUT2D eigenvalue weighted by Gasteiger charge is -2.38. The first kappa shape index (κ1) is 22.3. The van der Waals surface area contributed by atoms with Gasteiger partial charge in [-0.15, -0.1) is 0 Å². The van der Waals surface area contributed by atoms with Crippen molar-refractivity contribution in [2.45, 2.75) is 58.3 Å². The molecule has 0 spiro atoms. The summed E-state index contributed by atoms with van der Waals surface area (Å²) in [6, 6.07) is 1.51. The lowest BCUT2D eigenvalue weighted by Crippen LogP contribution is -2.49. The molecule has 1 aromatic rings. The van der Waals surface area contributed by atoms with Crippen molar-refractivity contribution in [2.24, 2.45) is 0 Å². The second kappa shape index (κ2) is 8.98. The highest BCUT2D eigenvalue weighted by Crippen LogP contribution is 2.32. The van der Waals surface area contributed by atoms with Crippen LogP contribution in [0, 0.1) is 0 Å². The molecule has 1 aliphatic rings. The summed E-state index contributed by atoms with van der Waals surface area (Å²) in [5, 5.41) is 0. The van der Waals surface area contributed by atoms with Gasteiger partial charge in [-0.3, -0.25) is 0 Å². The normalized spacial score (nSPS) is 19.8. The maximum atomic E-state index is 12.3. The van der Waals surface area contributed by atoms with E-state index in [1.807, 2.05) is 27.7 Å². The van der Waals surface area contributed by atoms with E-state index in [2.05, 4.69) is 20.9 Å². The summed E-state index contributed by atoms with van der Waals surface area (Å²) in [6.07, 6.45) is 0.811. The molecule has 8 nitrogen and oxygen atoms in total. The van der Waals surface area contributed by atoms with Crippen molar-refractivity contribution in [3.8, 4) is 11.6 Å². The van der Waals surface area contributed by atoms with E-state index in [4.69, 9.17) is 18.9 Å². The average molecular weight is 459 g/mol. The van der Waals surface area contributed by atoms with Crippen LogP contribution < -0.4 is 9.47 Å². The molecule has 2 heterocycles. The van der Waals surface area contributed by atoms with Crippen LogP contribution in [0.2, 0.25) is 0 Å². The SMILES string of the molecule is COC(=O)c1cc(OC2CCN(C(=O)OC(C)(C)C)[C@H](C)C2)c(Br)nc1OC. The molecule has 0 bridgehead atoms. The first-order valence-corrected chi connectivity index (χ1v) is 9.84. The van der Waals surface area contributed by atoms with Crippen molar-refractivity contribution in [3.63, 3.8) is 0 Å². The van der Waals surface area contributed by atoms with Crippen LogP contribution >= 0.6 is 15.9 Å². The predicted octanol–water partition coefficient (Wildman–Crippen LogP) is 3.81. The van der Waals surface area contributed by atoms with Gasteiger partial charge in [0.2, 0.25) is 5.88 Å². The van der Waals surface area contributed by atoms with E-state index in [1.54, 1.807) is 11.0 Å². The van der Waals surface area contributed by atoms with Gasteiger partial charge in [-0.25, -0.2) is 14.6 Å². The molecule has 9 heteroatoms. The molecule has 1 amide bonds. The Morgan fingerprint density at radius 2 is 1.96 bits per heavy atom. The van der Waals surface area contributed by atoms with Crippen LogP contribution in [0.5, 0.6) is 11.6 Å². The highest BCUT2D eigenvalue weighted by Gasteiger charge is 2.33. The van der Waals surface area contributed by atoms with Gasteiger partial charge in [0.1, 0.15) is 17.3 Å². The number of aromatic nitrogens is 1. The van der Waals surface area contributed by atoms with Crippen LogP contribution in [0.3, 0.4) is 0 Å². The molecule has 28 heavy (non-hydrogen) atoms. The molecule has 1 fully saturated rings. The monoisotopic (exact) mass is 458 g/mol. The number of esters is 1. The Bertz CT molecular complexity index is 734. The van der Waals surface area contributed by atoms with Crippen molar-refractivity contribution in [1.82, 2.24) is 9.88 Å². The molecule has 0 N–H and O–H groups in total. The molecule has 156 valence electrons. The Morgan fingerprint density at radius 1 is 1.29 bits per heavy atom. The van der Waals surface area contributed by atoms with Crippen molar-refractivity contribution in [2.75, 3.05) is 20.8 Å². The number of likely N-dealkylation sites (tertiary alicyclic amines) is 1. The summed E-state index contributed by atoms with van der Waals surface area (Å²) >= 11 is 3.35. The summed E-state index contributed by atoms with van der Waals surface area (Å²) in [7, 11) is 2.72. The number of methoxy groups -OCH3 is 2. The molecular formula is C19H27BrN2O6. The zero-order chi connectivity index (χ0) is 21.1. The number of pyridine rings is 1. The van der Waals surface area contributed by atoms with Gasteiger partial charge in [0.25, 0.3) is 0 Å². The van der Waals surface area contributed by atoms with Crippen molar-refractivity contribution >= 4 is 28.0 Å². The fourth-order valence-corrected chi connectivity index (χ4v) is 3.33. The Hall–Kier alpha value is -2.03. The van der Waals surface area contributed by atoms with Gasteiger partial charge in [-0.2, -0.15) is 0 Å². The van der Waals surface area contributed by atoms with E-state index in [9.17, 15) is 9.59 Å². The third-order valence-electron chi connectivity index (χ3n) is 4.26. The standard InChI is InChI=1S/C19H27BrN2O6/c1-11-9-12(7-8-22(11)18(24)28-19(2,3)4)27-14-10-13(17(23)26-6)16(25-5)21-15(14)20/h10-12H,7-9H2,1-6H3/t11-,12?/m1/s1. The highest BCUT2D eigenvalue weighted by molar-refractivity contribution is 9.10. The van der Waals surface area contributed by atoms with Gasteiger partial charge in [0, 0.05) is 31.5 Å². The van der Waals surface area contributed by atoms with E-state index < -0.39 is 11.6 Å². The summed E-state index contributed by atoms with van der Waals surface area (Å²) in [4.78, 5) is 30.2. The van der Waals surface area contributed by atoms with E-state index in [0.717, 1.165) is 0 Å². The van der Waals surface area contributed by atoms with Crippen LogP contribution in [0.1, 0.15) is 50.9 Å². The smallest absolute Gasteiger partial charge is 0.410 e. The summed E-state index contributed by atoms with van der Waals surface area (Å²) < 4.78 is 21.9. The van der Waals surface area contributed by atoms with Crippen molar-refractivity contribution in [1.29, 1.82) is 0 Å². The zero-order valence-electron chi connectivity index (χ0n) is 17.1. The number of halogens is 1. The number of amides is 1. The van der Waals surface area contributed by atoms with E-state index >= 15 is 0 Å². The molecule has 0 aromatic carbocycles. The number of rotatable bonds is 4. The maximum Gasteiger partial charge on any atom is 0.410 e. The molecule has 2 rings (SSSR count). The first-order chi connectivity index (χ1) is 13.1. The van der Waals surface area contributed by atoms with Crippen molar-refractivity contribution < 1.29 is 28.5 Å². The van der Waals surface area contributed by atoms with E-state index in [1.165, 1.54) is 14.2 Å². The average Bonchev–Trinajstić information content (AvgIpc) is 2.60. The number of hydrogen-bond acceptors (Lipinski definition) is 7. The minimum atomic E-state index is -0.560. The van der Waals surface area contributed by atoms with Crippen LogP contribution in [-0.4, -0.2) is 60.5 Å². The largest absolute Gasteiger partial charge is 0.487 e. The molecule has 2 atom stereocenters. The van der Waals surface area contributed by atoms with Gasteiger partial charge in [0.05, 0.1) is 14.2 Å². The minimum Gasteiger partial charge on any atom is -0.487 e. The zero-order valence-corrected chi connectivity index (χ0v) is 18.7. The third kappa shape index (κ3) is 5.50. The number of piperidine rings is 1. The number of carbonyl (C=O) groups excluding carboxylic acids is 2. The lowest BCUT2D eigenvalue weighted by atomic mass is 10.0. The summed E-state index contributed by atoms with van der Waals surface area (Å²) in [5.74, 6) is 0.0121. The predicted molar refractivity (Wildman–Crippen MR) is 106 cm³/mol. The van der Waals surface area contributed by atoms with Gasteiger partial charge < -0.3 is 23.8 Å². The molecular weight excluding hydrogens is 432 g/mol. The highest BCUT2D eigenvalue weighted by atomic mass is 79.9. The van der Waals surface area contributed by atoms with Gasteiger partial charge in [-0.05, 0) is 43.6 Å². The summed E-state index contributed by atoms with van der Waals surface area (Å²) in [6.45, 7) is 8.02. The van der Waals surface area contributed by atoms with Crippen LogP contribution in [-0.2, 0) is 9.47 Å². The van der Waals surface area contributed by atoms with Crippen LogP contribution in [0.25, 0.3) is 0 Å². The third-order valence-corrected chi connectivity index (χ3v) is 4.83. The number of hydrogen-bond donors (Lipinski definition) is 0. The quantitative estimate of drug-likeness (QED) is 0.500. The lowest BCUT2D eigenvalue weighted by molar-refractivity contribution is -0.00124. The molecule has 1 saturated heterocycles. The minimum absolute atomic E-state index is 0.0429. The Kier molecular flexibility index (Phi) is 7.14. The Morgan fingerprint density at radius 3 is 2.50 bits per heavy atom. The summed E-state index contributed by atoms with van der Waals surface area (Å²) in [5.41, 5.74) is -0.351. The molecule has 0 radical (unpaired) electrons. The Labute approximate surface area is 173 Å². The number of nitrogens with zero attached hydrogens (tertiary/aromatic N) is 2. The van der Waals surface area contributed by atoms with Gasteiger partial charge in [-0.1, -0.05) is 0 Å². The fraction of sp³-hybridized carbons (Fsp3) is 0.632. The van der Waals surface area contributed by atoms with Crippen molar-refractivity contribution in [3.05, 3.63) is 16.2 Å². The number of carbonyl (C=O) groups is 2. The van der Waals surface area contributed by atoms with E-state index in [-0.39, 0.29) is 29.7 Å². The van der Waals surface area contributed by atoms with Gasteiger partial charge in [0.15, 0.2) is 10.4 Å². The van der Waals surface area contributed by atoms with E-state index in [0.29, 0.717) is 29.7 Å².